The third-order valence-electron chi connectivity index (χ3n) is 9.63. The minimum absolute atomic E-state index is 0.383. The van der Waals surface area contributed by atoms with Gasteiger partial charge >= 0.3 is 6.03 Å². The highest BCUT2D eigenvalue weighted by atomic mass is 35.5. The number of carbonyl (C=O) groups is 1. The zero-order valence-electron chi connectivity index (χ0n) is 24.5. The van der Waals surface area contributed by atoms with Gasteiger partial charge in [-0.25, -0.2) is 4.79 Å². The number of benzene rings is 2. The lowest BCUT2D eigenvalue weighted by Gasteiger charge is -2.33. The summed E-state index contributed by atoms with van der Waals surface area (Å²) in [6.07, 6.45) is 5.54. The lowest BCUT2D eigenvalue weighted by atomic mass is 9.93. The van der Waals surface area contributed by atoms with Gasteiger partial charge in [-0.3, -0.25) is 14.5 Å². The van der Waals surface area contributed by atoms with Crippen LogP contribution in [0.25, 0.3) is 22.4 Å². The third-order valence-corrected chi connectivity index (χ3v) is 9.96. The van der Waals surface area contributed by atoms with Crippen molar-refractivity contribution in [2.75, 3.05) is 39.4 Å². The number of primary amides is 1. The quantitative estimate of drug-likeness (QED) is 0.423. The fourth-order valence-corrected chi connectivity index (χ4v) is 7.23. The van der Waals surface area contributed by atoms with E-state index < -0.39 is 0 Å². The Morgan fingerprint density at radius 2 is 1.88 bits per heavy atom. The Hall–Kier alpha value is -2.91. The van der Waals surface area contributed by atoms with E-state index in [4.69, 9.17) is 27.2 Å². The van der Waals surface area contributed by atoms with Crippen molar-refractivity contribution in [2.45, 2.75) is 70.7 Å². The number of rotatable bonds is 7. The highest BCUT2D eigenvalue weighted by Crippen LogP contribution is 2.38. The van der Waals surface area contributed by atoms with Crippen molar-refractivity contribution in [1.82, 2.24) is 24.5 Å². The Morgan fingerprint density at radius 1 is 1.02 bits per heavy atom. The van der Waals surface area contributed by atoms with E-state index in [2.05, 4.69) is 51.7 Å². The van der Waals surface area contributed by atoms with Crippen LogP contribution in [-0.4, -0.2) is 82.0 Å². The predicted octanol–water partition coefficient (Wildman–Crippen LogP) is 4.94. The van der Waals surface area contributed by atoms with Gasteiger partial charge in [0, 0.05) is 85.2 Å². The van der Waals surface area contributed by atoms with Crippen LogP contribution in [-0.2, 0) is 37.2 Å². The molecule has 3 aromatic rings. The Bertz CT molecular complexity index is 1480. The van der Waals surface area contributed by atoms with Gasteiger partial charge in [-0.1, -0.05) is 29.8 Å². The molecule has 4 heterocycles. The van der Waals surface area contributed by atoms with Crippen molar-refractivity contribution in [3.8, 4) is 22.4 Å². The molecule has 2 fully saturated rings. The summed E-state index contributed by atoms with van der Waals surface area (Å²) in [4.78, 5) is 19.0. The molecule has 1 atom stereocenters. The highest BCUT2D eigenvalue weighted by molar-refractivity contribution is 6.33. The first-order valence-electron chi connectivity index (χ1n) is 15.6. The average Bonchev–Trinajstić information content (AvgIpc) is 3.79. The number of nitrogens with two attached hydrogens (primary N) is 1. The number of urea groups is 1. The SMILES string of the molecule is C[C@H]1COCCN1CCCn1nc(-c2ccc(Cl)c(-c3ccc4c(c3)CN(C3CC3)CC4)c2)c2c1CCN(C(N)=O)C2. The number of carbonyl (C=O) groups excluding carboxylic acids is 1. The first kappa shape index (κ1) is 27.9. The molecule has 1 saturated heterocycles. The molecule has 1 aliphatic carbocycles. The van der Waals surface area contributed by atoms with Crippen LogP contribution in [0.15, 0.2) is 36.4 Å². The molecule has 1 aromatic heterocycles. The van der Waals surface area contributed by atoms with Crippen LogP contribution < -0.4 is 5.73 Å². The van der Waals surface area contributed by atoms with Gasteiger partial charge in [0.1, 0.15) is 0 Å². The lowest BCUT2D eigenvalue weighted by molar-refractivity contribution is -0.00122. The molecular formula is C33H41ClN6O2. The summed E-state index contributed by atoms with van der Waals surface area (Å²) in [5.74, 6) is 0. The minimum atomic E-state index is -0.383. The molecule has 0 spiro atoms. The fourth-order valence-electron chi connectivity index (χ4n) is 7.00. The van der Waals surface area contributed by atoms with E-state index in [-0.39, 0.29) is 6.03 Å². The van der Waals surface area contributed by atoms with Crippen molar-refractivity contribution in [3.05, 3.63) is 63.8 Å². The van der Waals surface area contributed by atoms with Gasteiger partial charge in [0.05, 0.1) is 25.5 Å². The molecule has 2 N–H and O–H groups in total. The molecule has 8 nitrogen and oxygen atoms in total. The number of nitrogens with zero attached hydrogens (tertiary/aromatic N) is 5. The number of ether oxygens (including phenoxy) is 1. The van der Waals surface area contributed by atoms with Crippen LogP contribution in [0.4, 0.5) is 4.79 Å². The smallest absolute Gasteiger partial charge is 0.315 e. The third kappa shape index (κ3) is 5.57. The molecule has 0 bridgehead atoms. The number of fused-ring (bicyclic) bond motifs is 2. The molecule has 1 saturated carbocycles. The summed E-state index contributed by atoms with van der Waals surface area (Å²) in [6.45, 7) is 9.95. The predicted molar refractivity (Wildman–Crippen MR) is 165 cm³/mol. The van der Waals surface area contributed by atoms with Crippen LogP contribution in [0.1, 0.15) is 48.6 Å². The molecule has 0 radical (unpaired) electrons. The van der Waals surface area contributed by atoms with Gasteiger partial charge in [0.15, 0.2) is 0 Å². The van der Waals surface area contributed by atoms with Crippen LogP contribution in [0.5, 0.6) is 0 Å². The van der Waals surface area contributed by atoms with Gasteiger partial charge in [0.2, 0.25) is 0 Å². The number of hydrogen-bond donors (Lipinski definition) is 1. The first-order valence-corrected chi connectivity index (χ1v) is 15.9. The maximum absolute atomic E-state index is 12.2. The lowest BCUT2D eigenvalue weighted by Crippen LogP contribution is -2.44. The topological polar surface area (TPSA) is 79.9 Å². The molecule has 42 heavy (non-hydrogen) atoms. The van der Waals surface area contributed by atoms with Crippen LogP contribution in [0, 0.1) is 0 Å². The monoisotopic (exact) mass is 588 g/mol. The second-order valence-electron chi connectivity index (χ2n) is 12.5. The summed E-state index contributed by atoms with van der Waals surface area (Å²) >= 11 is 6.84. The molecule has 2 amide bonds. The van der Waals surface area contributed by atoms with Crippen molar-refractivity contribution in [2.24, 2.45) is 5.73 Å². The molecule has 7 rings (SSSR count). The van der Waals surface area contributed by atoms with Crippen molar-refractivity contribution in [1.29, 1.82) is 0 Å². The summed E-state index contributed by atoms with van der Waals surface area (Å²) in [7, 11) is 0. The summed E-state index contributed by atoms with van der Waals surface area (Å²) in [6, 6.07) is 13.9. The standard InChI is InChI=1S/C33H41ClN6O2/c1-22-21-42-16-15-37(22)11-2-12-40-31-10-14-39(33(35)41)20-29(31)32(36-40)25-5-8-30(34)28(18-25)24-4-3-23-9-13-38(27-6-7-27)19-26(23)17-24/h3-5,8,17-18,22,27H,2,6-7,9-16,19-21H2,1H3,(H2,35,41)/t22-/m0/s1. The maximum atomic E-state index is 12.2. The van der Waals surface area contributed by atoms with Crippen molar-refractivity contribution in [3.63, 3.8) is 0 Å². The van der Waals surface area contributed by atoms with E-state index >= 15 is 0 Å². The summed E-state index contributed by atoms with van der Waals surface area (Å²) < 4.78 is 7.79. The molecule has 3 aliphatic heterocycles. The summed E-state index contributed by atoms with van der Waals surface area (Å²) in [5.41, 5.74) is 15.0. The Labute approximate surface area is 253 Å². The van der Waals surface area contributed by atoms with Gasteiger partial charge in [0.25, 0.3) is 0 Å². The fraction of sp³-hybridized carbons (Fsp3) is 0.515. The number of hydrogen-bond acceptors (Lipinski definition) is 5. The van der Waals surface area contributed by atoms with E-state index in [1.807, 2.05) is 6.07 Å². The Morgan fingerprint density at radius 3 is 2.69 bits per heavy atom. The van der Waals surface area contributed by atoms with Gasteiger partial charge in [-0.15, -0.1) is 0 Å². The Balaban J connectivity index is 1.18. The number of aryl methyl sites for hydroxylation is 1. The van der Waals surface area contributed by atoms with E-state index in [0.717, 1.165) is 104 Å². The van der Waals surface area contributed by atoms with E-state index in [0.29, 0.717) is 19.1 Å². The zero-order valence-corrected chi connectivity index (χ0v) is 25.3. The van der Waals surface area contributed by atoms with Crippen LogP contribution in [0.3, 0.4) is 0 Å². The first-order chi connectivity index (χ1) is 20.4. The van der Waals surface area contributed by atoms with Gasteiger partial charge in [-0.2, -0.15) is 5.10 Å². The molecular weight excluding hydrogens is 548 g/mol. The van der Waals surface area contributed by atoms with E-state index in [1.165, 1.54) is 29.7 Å². The molecule has 2 aromatic carbocycles. The number of halogens is 1. The van der Waals surface area contributed by atoms with Crippen molar-refractivity contribution < 1.29 is 9.53 Å². The summed E-state index contributed by atoms with van der Waals surface area (Å²) in [5, 5.41) is 5.91. The molecule has 9 heteroatoms. The number of morpholine rings is 1. The normalized spacial score (nSPS) is 21.3. The van der Waals surface area contributed by atoms with Crippen LogP contribution in [0.2, 0.25) is 5.02 Å². The highest BCUT2D eigenvalue weighted by Gasteiger charge is 2.31. The van der Waals surface area contributed by atoms with Crippen molar-refractivity contribution >= 4 is 17.6 Å². The van der Waals surface area contributed by atoms with Crippen LogP contribution >= 0.6 is 11.6 Å². The zero-order chi connectivity index (χ0) is 28.8. The van der Waals surface area contributed by atoms with E-state index in [1.54, 1.807) is 4.90 Å². The molecule has 0 unspecified atom stereocenters. The van der Waals surface area contributed by atoms with Gasteiger partial charge in [-0.05, 0) is 67.5 Å². The number of amides is 2. The molecule has 222 valence electrons. The average molecular weight is 589 g/mol. The van der Waals surface area contributed by atoms with Gasteiger partial charge < -0.3 is 15.4 Å². The minimum Gasteiger partial charge on any atom is -0.379 e. The van der Waals surface area contributed by atoms with E-state index in [9.17, 15) is 4.79 Å². The number of aromatic nitrogens is 2. The largest absolute Gasteiger partial charge is 0.379 e. The second kappa shape index (κ2) is 11.6. The Kier molecular flexibility index (Phi) is 7.73. The molecule has 4 aliphatic rings. The second-order valence-corrected chi connectivity index (χ2v) is 12.9. The maximum Gasteiger partial charge on any atom is 0.315 e.